The van der Waals surface area contributed by atoms with Gasteiger partial charge in [-0.25, -0.2) is 4.39 Å². The van der Waals surface area contributed by atoms with Gasteiger partial charge < -0.3 is 4.74 Å². The Kier molecular flexibility index (Phi) is 8.27. The standard InChI is InChI=1S/C26H28F6O/c1-2-3-4-18-5-8-20(9-6-18)21-10-12-22(13-11-21)26(31,32)33-16-15-19-7-14-23(24(27)17-19)25(28,29)30/h2,7,10-14,17-18,20H,1,3-6,8-9,15-16H2/t18-,20-. The Hall–Kier alpha value is -2.28. The van der Waals surface area contributed by atoms with Gasteiger partial charge in [0.1, 0.15) is 5.82 Å². The predicted octanol–water partition coefficient (Wildman–Crippen LogP) is 8.39. The zero-order valence-electron chi connectivity index (χ0n) is 18.3. The van der Waals surface area contributed by atoms with E-state index in [1.54, 1.807) is 12.1 Å². The third-order valence-electron chi connectivity index (χ3n) is 6.36. The maximum absolute atomic E-state index is 14.4. The van der Waals surface area contributed by atoms with Crippen molar-refractivity contribution in [3.63, 3.8) is 0 Å². The first-order chi connectivity index (χ1) is 15.6. The summed E-state index contributed by atoms with van der Waals surface area (Å²) in [7, 11) is 0. The van der Waals surface area contributed by atoms with E-state index in [0.29, 0.717) is 24.0 Å². The maximum Gasteiger partial charge on any atom is 0.419 e. The van der Waals surface area contributed by atoms with Gasteiger partial charge in [0.15, 0.2) is 0 Å². The lowest BCUT2D eigenvalue weighted by Crippen LogP contribution is -2.20. The summed E-state index contributed by atoms with van der Waals surface area (Å²) in [4.78, 5) is 0. The molecule has 1 fully saturated rings. The van der Waals surface area contributed by atoms with Gasteiger partial charge in [0.25, 0.3) is 0 Å². The summed E-state index contributed by atoms with van der Waals surface area (Å²) in [5, 5.41) is 0. The van der Waals surface area contributed by atoms with Crippen LogP contribution < -0.4 is 0 Å². The largest absolute Gasteiger partial charge is 0.419 e. The molecule has 0 aromatic heterocycles. The molecule has 0 spiro atoms. The molecule has 0 saturated heterocycles. The highest BCUT2D eigenvalue weighted by Crippen LogP contribution is 2.39. The molecule has 1 aliphatic carbocycles. The normalized spacial score (nSPS) is 19.5. The lowest BCUT2D eigenvalue weighted by atomic mass is 9.77. The number of hydrogen-bond donors (Lipinski definition) is 0. The molecule has 7 heteroatoms. The fourth-order valence-electron chi connectivity index (χ4n) is 4.41. The van der Waals surface area contributed by atoms with Crippen molar-refractivity contribution in [3.05, 3.63) is 83.2 Å². The molecule has 180 valence electrons. The van der Waals surface area contributed by atoms with Crippen molar-refractivity contribution in [2.45, 2.75) is 63.1 Å². The van der Waals surface area contributed by atoms with Gasteiger partial charge >= 0.3 is 12.3 Å². The van der Waals surface area contributed by atoms with E-state index in [2.05, 4.69) is 6.58 Å². The third-order valence-corrected chi connectivity index (χ3v) is 6.36. The van der Waals surface area contributed by atoms with Crippen LogP contribution in [0.3, 0.4) is 0 Å². The molecule has 33 heavy (non-hydrogen) atoms. The highest BCUT2D eigenvalue weighted by molar-refractivity contribution is 5.28. The van der Waals surface area contributed by atoms with Crippen molar-refractivity contribution in [1.29, 1.82) is 0 Å². The molecule has 2 aromatic carbocycles. The zero-order chi connectivity index (χ0) is 24.1. The highest BCUT2D eigenvalue weighted by atomic mass is 19.4. The molecular formula is C26H28F6O. The highest BCUT2D eigenvalue weighted by Gasteiger charge is 2.35. The fourth-order valence-corrected chi connectivity index (χ4v) is 4.41. The monoisotopic (exact) mass is 470 g/mol. The molecule has 0 atom stereocenters. The molecule has 0 radical (unpaired) electrons. The first kappa shape index (κ1) is 25.3. The van der Waals surface area contributed by atoms with Crippen LogP contribution in [0, 0.1) is 11.7 Å². The average Bonchev–Trinajstić information content (AvgIpc) is 2.77. The molecule has 2 aromatic rings. The second kappa shape index (κ2) is 10.8. The van der Waals surface area contributed by atoms with Crippen molar-refractivity contribution >= 4 is 0 Å². The number of allylic oxidation sites excluding steroid dienone is 1. The van der Waals surface area contributed by atoms with Crippen LogP contribution in [0.4, 0.5) is 26.3 Å². The summed E-state index contributed by atoms with van der Waals surface area (Å²) in [6.07, 6.45) is -0.0461. The lowest BCUT2D eigenvalue weighted by molar-refractivity contribution is -0.248. The van der Waals surface area contributed by atoms with Crippen LogP contribution in [0.5, 0.6) is 0 Å². The zero-order valence-corrected chi connectivity index (χ0v) is 18.3. The average molecular weight is 470 g/mol. The van der Waals surface area contributed by atoms with E-state index in [0.717, 1.165) is 50.2 Å². The molecule has 1 saturated carbocycles. The smallest absolute Gasteiger partial charge is 0.316 e. The summed E-state index contributed by atoms with van der Waals surface area (Å²) >= 11 is 0. The number of halogens is 6. The summed E-state index contributed by atoms with van der Waals surface area (Å²) in [6.45, 7) is 3.30. The van der Waals surface area contributed by atoms with Crippen LogP contribution in [-0.2, 0) is 23.4 Å². The summed E-state index contributed by atoms with van der Waals surface area (Å²) < 4.78 is 85.1. The van der Waals surface area contributed by atoms with E-state index in [9.17, 15) is 26.3 Å². The van der Waals surface area contributed by atoms with Gasteiger partial charge in [-0.05, 0) is 80.0 Å². The van der Waals surface area contributed by atoms with E-state index in [1.165, 1.54) is 12.1 Å². The third kappa shape index (κ3) is 6.85. The van der Waals surface area contributed by atoms with Gasteiger partial charge in [-0.1, -0.05) is 36.4 Å². The molecule has 3 rings (SSSR count). The summed E-state index contributed by atoms with van der Waals surface area (Å²) in [5.74, 6) is -0.366. The summed E-state index contributed by atoms with van der Waals surface area (Å²) in [6, 6.07) is 8.51. The number of ether oxygens (including phenoxy) is 1. The Morgan fingerprint density at radius 1 is 0.939 bits per heavy atom. The van der Waals surface area contributed by atoms with Crippen molar-refractivity contribution in [3.8, 4) is 0 Å². The van der Waals surface area contributed by atoms with E-state index in [4.69, 9.17) is 4.74 Å². The molecule has 1 nitrogen and oxygen atoms in total. The van der Waals surface area contributed by atoms with Crippen LogP contribution in [-0.4, -0.2) is 6.61 Å². The minimum absolute atomic E-state index is 0.141. The van der Waals surface area contributed by atoms with Gasteiger partial charge in [0.05, 0.1) is 17.7 Å². The molecule has 0 aliphatic heterocycles. The van der Waals surface area contributed by atoms with E-state index in [-0.39, 0.29) is 17.5 Å². The Balaban J connectivity index is 1.52. The Labute approximate surface area is 190 Å². The van der Waals surface area contributed by atoms with Gasteiger partial charge in [-0.2, -0.15) is 22.0 Å². The lowest BCUT2D eigenvalue weighted by Gasteiger charge is -2.29. The molecule has 0 amide bonds. The van der Waals surface area contributed by atoms with Crippen molar-refractivity contribution < 1.29 is 31.1 Å². The van der Waals surface area contributed by atoms with Crippen LogP contribution >= 0.6 is 0 Å². The van der Waals surface area contributed by atoms with Gasteiger partial charge in [0.2, 0.25) is 0 Å². The van der Waals surface area contributed by atoms with E-state index < -0.39 is 30.3 Å². The molecule has 1 aliphatic rings. The molecule has 0 heterocycles. The number of alkyl halides is 5. The molecular weight excluding hydrogens is 442 g/mol. The minimum Gasteiger partial charge on any atom is -0.316 e. The van der Waals surface area contributed by atoms with E-state index in [1.807, 2.05) is 6.08 Å². The molecule has 0 bridgehead atoms. The SMILES string of the molecule is C=CCC[C@H]1CC[C@H](c2ccc(C(F)(F)OCCc3ccc(C(F)(F)F)c(F)c3)cc2)CC1. The van der Waals surface area contributed by atoms with Crippen LogP contribution in [0.15, 0.2) is 55.1 Å². The molecule has 0 unspecified atom stereocenters. The topological polar surface area (TPSA) is 9.23 Å². The first-order valence-electron chi connectivity index (χ1n) is 11.2. The minimum atomic E-state index is -4.80. The van der Waals surface area contributed by atoms with E-state index >= 15 is 0 Å². The first-order valence-corrected chi connectivity index (χ1v) is 11.2. The van der Waals surface area contributed by atoms with Crippen LogP contribution in [0.1, 0.15) is 66.7 Å². The Bertz CT molecular complexity index is 911. The maximum atomic E-state index is 14.4. The van der Waals surface area contributed by atoms with Crippen LogP contribution in [0.25, 0.3) is 0 Å². The summed E-state index contributed by atoms with van der Waals surface area (Å²) in [5.41, 5.74) is -0.486. The Morgan fingerprint density at radius 3 is 2.18 bits per heavy atom. The van der Waals surface area contributed by atoms with Gasteiger partial charge in [-0.3, -0.25) is 0 Å². The Morgan fingerprint density at radius 2 is 1.61 bits per heavy atom. The second-order valence-electron chi connectivity index (χ2n) is 8.63. The van der Waals surface area contributed by atoms with Crippen molar-refractivity contribution in [2.24, 2.45) is 5.92 Å². The van der Waals surface area contributed by atoms with Crippen molar-refractivity contribution in [2.75, 3.05) is 6.61 Å². The van der Waals surface area contributed by atoms with Crippen molar-refractivity contribution in [1.82, 2.24) is 0 Å². The van der Waals surface area contributed by atoms with Crippen LogP contribution in [0.2, 0.25) is 0 Å². The van der Waals surface area contributed by atoms with Gasteiger partial charge in [0, 0.05) is 0 Å². The van der Waals surface area contributed by atoms with Gasteiger partial charge in [-0.15, -0.1) is 6.58 Å². The quantitative estimate of drug-likeness (QED) is 0.264. The number of hydrogen-bond acceptors (Lipinski definition) is 1. The fraction of sp³-hybridized carbons (Fsp3) is 0.462. The second-order valence-corrected chi connectivity index (χ2v) is 8.63. The number of benzene rings is 2. The number of rotatable bonds is 9. The predicted molar refractivity (Wildman–Crippen MR) is 116 cm³/mol. The molecule has 0 N–H and O–H groups in total.